The summed E-state index contributed by atoms with van der Waals surface area (Å²) in [6.07, 6.45) is 1.11. The summed E-state index contributed by atoms with van der Waals surface area (Å²) in [6.45, 7) is 1.72. The van der Waals surface area contributed by atoms with Gasteiger partial charge in [-0.05, 0) is 30.0 Å². The number of hydrogen-bond donors (Lipinski definition) is 1. The molecule has 0 fully saturated rings. The lowest BCUT2D eigenvalue weighted by molar-refractivity contribution is 0.198. The topological polar surface area (TPSA) is 42.4 Å². The first kappa shape index (κ1) is 12.6. The zero-order valence-corrected chi connectivity index (χ0v) is 11.2. The lowest BCUT2D eigenvalue weighted by Crippen LogP contribution is -1.94. The van der Waals surface area contributed by atoms with Gasteiger partial charge in [-0.1, -0.05) is 36.4 Å². The number of aliphatic hydroxyl groups is 1. The van der Waals surface area contributed by atoms with Gasteiger partial charge in [0, 0.05) is 17.6 Å². The molecule has 3 aromatic rings. The van der Waals surface area contributed by atoms with Gasteiger partial charge in [-0.15, -0.1) is 0 Å². The van der Waals surface area contributed by atoms with Crippen molar-refractivity contribution in [3.05, 3.63) is 66.4 Å². The summed E-state index contributed by atoms with van der Waals surface area (Å²) in [5.74, 6) is 1.25. The zero-order valence-electron chi connectivity index (χ0n) is 11.2. The summed E-state index contributed by atoms with van der Waals surface area (Å²) >= 11 is 0. The van der Waals surface area contributed by atoms with Crippen molar-refractivity contribution in [2.75, 3.05) is 0 Å². The van der Waals surface area contributed by atoms with Crippen LogP contribution in [0.25, 0.3) is 10.8 Å². The third-order valence-electron chi connectivity index (χ3n) is 3.21. The lowest BCUT2D eigenvalue weighted by atomic mass is 10.1. The van der Waals surface area contributed by atoms with E-state index >= 15 is 0 Å². The molecule has 0 amide bonds. The van der Waals surface area contributed by atoms with Gasteiger partial charge >= 0.3 is 0 Å². The molecule has 1 heterocycles. The van der Waals surface area contributed by atoms with E-state index in [1.165, 1.54) is 0 Å². The summed E-state index contributed by atoms with van der Waals surface area (Å²) in [5, 5.41) is 11.8. The van der Waals surface area contributed by atoms with E-state index in [0.29, 0.717) is 5.88 Å². The molecule has 3 nitrogen and oxygen atoms in total. The Balaban J connectivity index is 1.99. The maximum absolute atomic E-state index is 9.60. The number of ether oxygens (including phenoxy) is 1. The van der Waals surface area contributed by atoms with Crippen LogP contribution in [0.2, 0.25) is 0 Å². The fraction of sp³-hybridized carbons (Fsp3) is 0.118. The fourth-order valence-electron chi connectivity index (χ4n) is 2.14. The van der Waals surface area contributed by atoms with Gasteiger partial charge in [0.05, 0.1) is 6.10 Å². The first-order valence-electron chi connectivity index (χ1n) is 6.54. The molecule has 0 aliphatic heterocycles. The molecule has 100 valence electrons. The van der Waals surface area contributed by atoms with Crippen LogP contribution in [0, 0.1) is 0 Å². The smallest absolute Gasteiger partial charge is 0.219 e. The summed E-state index contributed by atoms with van der Waals surface area (Å²) in [7, 11) is 0. The Hall–Kier alpha value is -2.39. The first-order chi connectivity index (χ1) is 9.74. The zero-order chi connectivity index (χ0) is 13.9. The molecule has 2 aromatic carbocycles. The summed E-state index contributed by atoms with van der Waals surface area (Å²) < 4.78 is 5.86. The Morgan fingerprint density at radius 2 is 1.85 bits per heavy atom. The van der Waals surface area contributed by atoms with Crippen LogP contribution < -0.4 is 4.74 Å². The third kappa shape index (κ3) is 2.49. The van der Waals surface area contributed by atoms with Crippen LogP contribution in [-0.4, -0.2) is 10.1 Å². The van der Waals surface area contributed by atoms with Crippen molar-refractivity contribution < 1.29 is 9.84 Å². The SMILES string of the molecule is CC(O)c1ccnc(Oc2cccc3ccccc23)c1. The highest BCUT2D eigenvalue weighted by Gasteiger charge is 2.06. The molecule has 3 heteroatoms. The van der Waals surface area contributed by atoms with Crippen LogP contribution in [0.4, 0.5) is 0 Å². The Morgan fingerprint density at radius 1 is 1.05 bits per heavy atom. The van der Waals surface area contributed by atoms with Gasteiger partial charge in [0.1, 0.15) is 5.75 Å². The number of aliphatic hydroxyl groups excluding tert-OH is 1. The average molecular weight is 265 g/mol. The second kappa shape index (κ2) is 5.31. The second-order valence-corrected chi connectivity index (χ2v) is 4.68. The molecule has 0 saturated heterocycles. The molecule has 1 atom stereocenters. The van der Waals surface area contributed by atoms with Crippen molar-refractivity contribution in [3.8, 4) is 11.6 Å². The largest absolute Gasteiger partial charge is 0.438 e. The number of fused-ring (bicyclic) bond motifs is 1. The average Bonchev–Trinajstić information content (AvgIpc) is 2.48. The van der Waals surface area contributed by atoms with Gasteiger partial charge in [-0.25, -0.2) is 4.98 Å². The van der Waals surface area contributed by atoms with Crippen molar-refractivity contribution in [1.29, 1.82) is 0 Å². The van der Waals surface area contributed by atoms with Gasteiger partial charge < -0.3 is 9.84 Å². The Labute approximate surface area is 117 Å². The van der Waals surface area contributed by atoms with Gasteiger partial charge in [-0.3, -0.25) is 0 Å². The molecule has 1 N–H and O–H groups in total. The molecular formula is C17H15NO2. The number of hydrogen-bond acceptors (Lipinski definition) is 3. The third-order valence-corrected chi connectivity index (χ3v) is 3.21. The molecule has 0 spiro atoms. The summed E-state index contributed by atoms with van der Waals surface area (Å²) in [4.78, 5) is 4.19. The second-order valence-electron chi connectivity index (χ2n) is 4.68. The molecule has 0 bridgehead atoms. The highest BCUT2D eigenvalue weighted by Crippen LogP contribution is 2.29. The van der Waals surface area contributed by atoms with Gasteiger partial charge in [-0.2, -0.15) is 0 Å². The minimum atomic E-state index is -0.534. The standard InChI is InChI=1S/C17H15NO2/c1-12(19)14-9-10-18-17(11-14)20-16-8-4-6-13-5-2-3-7-15(13)16/h2-12,19H,1H3. The van der Waals surface area contributed by atoms with E-state index in [0.717, 1.165) is 22.1 Å². The van der Waals surface area contributed by atoms with E-state index in [2.05, 4.69) is 4.98 Å². The van der Waals surface area contributed by atoms with Gasteiger partial charge in [0.2, 0.25) is 5.88 Å². The maximum Gasteiger partial charge on any atom is 0.219 e. The van der Waals surface area contributed by atoms with E-state index in [1.54, 1.807) is 25.3 Å². The monoisotopic (exact) mass is 265 g/mol. The van der Waals surface area contributed by atoms with Crippen molar-refractivity contribution in [2.45, 2.75) is 13.0 Å². The molecule has 0 radical (unpaired) electrons. The quantitative estimate of drug-likeness (QED) is 0.775. The number of pyridine rings is 1. The molecular weight excluding hydrogens is 250 g/mol. The Kier molecular flexibility index (Phi) is 3.35. The van der Waals surface area contributed by atoms with Crippen LogP contribution >= 0.6 is 0 Å². The highest BCUT2D eigenvalue weighted by molar-refractivity contribution is 5.88. The molecule has 20 heavy (non-hydrogen) atoms. The molecule has 3 rings (SSSR count). The first-order valence-corrected chi connectivity index (χ1v) is 6.54. The van der Waals surface area contributed by atoms with Crippen LogP contribution in [0.1, 0.15) is 18.6 Å². The van der Waals surface area contributed by atoms with E-state index in [9.17, 15) is 5.11 Å². The van der Waals surface area contributed by atoms with E-state index in [4.69, 9.17) is 4.74 Å². The predicted octanol–water partition coefficient (Wildman–Crippen LogP) is 4.08. The minimum Gasteiger partial charge on any atom is -0.438 e. The number of benzene rings is 2. The lowest BCUT2D eigenvalue weighted by Gasteiger charge is -2.10. The van der Waals surface area contributed by atoms with Crippen LogP contribution in [0.3, 0.4) is 0 Å². The maximum atomic E-state index is 9.60. The van der Waals surface area contributed by atoms with Crippen LogP contribution in [-0.2, 0) is 0 Å². The summed E-state index contributed by atoms with van der Waals surface area (Å²) in [6, 6.07) is 17.5. The fourth-order valence-corrected chi connectivity index (χ4v) is 2.14. The van der Waals surface area contributed by atoms with Crippen molar-refractivity contribution in [3.63, 3.8) is 0 Å². The highest BCUT2D eigenvalue weighted by atomic mass is 16.5. The summed E-state index contributed by atoms with van der Waals surface area (Å²) in [5.41, 5.74) is 0.787. The van der Waals surface area contributed by atoms with E-state index in [-0.39, 0.29) is 0 Å². The minimum absolute atomic E-state index is 0.486. The van der Waals surface area contributed by atoms with E-state index in [1.807, 2.05) is 42.5 Å². The van der Waals surface area contributed by atoms with Crippen molar-refractivity contribution in [1.82, 2.24) is 4.98 Å². The molecule has 0 aliphatic rings. The number of aromatic nitrogens is 1. The van der Waals surface area contributed by atoms with Crippen LogP contribution in [0.5, 0.6) is 11.6 Å². The Morgan fingerprint density at radius 3 is 2.70 bits per heavy atom. The van der Waals surface area contributed by atoms with Crippen molar-refractivity contribution >= 4 is 10.8 Å². The van der Waals surface area contributed by atoms with Crippen LogP contribution in [0.15, 0.2) is 60.8 Å². The molecule has 0 aliphatic carbocycles. The predicted molar refractivity (Wildman–Crippen MR) is 78.9 cm³/mol. The molecule has 0 saturated carbocycles. The van der Waals surface area contributed by atoms with Crippen molar-refractivity contribution in [2.24, 2.45) is 0 Å². The van der Waals surface area contributed by atoms with Gasteiger partial charge in [0.25, 0.3) is 0 Å². The molecule has 1 unspecified atom stereocenters. The Bertz CT molecular complexity index is 732. The normalized spacial score (nSPS) is 12.3. The van der Waals surface area contributed by atoms with E-state index < -0.39 is 6.10 Å². The van der Waals surface area contributed by atoms with Gasteiger partial charge in [0.15, 0.2) is 0 Å². The number of nitrogens with zero attached hydrogens (tertiary/aromatic N) is 1. The number of rotatable bonds is 3. The molecule has 1 aromatic heterocycles.